The first-order valence-electron chi connectivity index (χ1n) is 20.2. The summed E-state index contributed by atoms with van der Waals surface area (Å²) in [5.74, 6) is -0.0888. The molecule has 57 heavy (non-hydrogen) atoms. The predicted octanol–water partition coefficient (Wildman–Crippen LogP) is 8.17. The number of amides is 1. The average Bonchev–Trinajstić information content (AvgIpc) is 3.87. The van der Waals surface area contributed by atoms with Crippen molar-refractivity contribution in [2.24, 2.45) is 17.8 Å². The summed E-state index contributed by atoms with van der Waals surface area (Å²) in [7, 11) is 1.43. The lowest BCUT2D eigenvalue weighted by atomic mass is 9.79. The van der Waals surface area contributed by atoms with Crippen molar-refractivity contribution in [1.82, 2.24) is 34.8 Å². The molecule has 3 saturated carbocycles. The van der Waals surface area contributed by atoms with E-state index >= 15 is 4.39 Å². The summed E-state index contributed by atoms with van der Waals surface area (Å²) in [5.41, 5.74) is 5.18. The number of hydrogen-bond donors (Lipinski definition) is 1. The van der Waals surface area contributed by atoms with Crippen LogP contribution in [0.25, 0.3) is 32.9 Å². The fraction of sp³-hybridized carbons (Fsp3) is 0.488. The van der Waals surface area contributed by atoms with Crippen molar-refractivity contribution in [2.75, 3.05) is 20.2 Å². The van der Waals surface area contributed by atoms with Crippen LogP contribution in [0.1, 0.15) is 98.1 Å². The highest BCUT2D eigenvalue weighted by Crippen LogP contribution is 2.52. The lowest BCUT2D eigenvalue weighted by Crippen LogP contribution is -2.41. The number of esters is 1. The maximum atomic E-state index is 17.3. The number of aromatic nitrogens is 5. The zero-order valence-electron chi connectivity index (χ0n) is 31.9. The van der Waals surface area contributed by atoms with E-state index in [0.29, 0.717) is 64.5 Å². The van der Waals surface area contributed by atoms with Crippen LogP contribution in [0, 0.1) is 41.8 Å². The molecular weight excluding hydrogens is 766 g/mol. The van der Waals surface area contributed by atoms with Gasteiger partial charge in [-0.1, -0.05) is 40.5 Å². The number of nitrogens with zero attached hydrogens (tertiary/aromatic N) is 7. The molecule has 2 bridgehead atoms. The third kappa shape index (κ3) is 5.94. The Morgan fingerprint density at radius 3 is 2.65 bits per heavy atom. The standard InChI is InChI=1S/C43H43Cl2FN8O3/c1-21-29-17-35(34-16-27(19-52(34)42(55)22-8-9-22)53-20-33(50-51-53)23-10-11-25(13-23)43(56)57-2)54(40-26-15-32(40)48-18-26)41(29)30-14-24(5-4-12-47)36(38(46)39(30)49-21)28-6-3-7-31(44)37(28)45/h3,6-7,14,17,20,22-23,25-27,32,34,40,48H,4-5,8-11,13,15-16,18-19H2,1-2H3/t23?,25?,26-,27+,32-,34-,40+/m1/s1. The molecule has 5 aromatic rings. The third-order valence-electron chi connectivity index (χ3n) is 13.6. The highest BCUT2D eigenvalue weighted by Gasteiger charge is 2.51. The second-order valence-electron chi connectivity index (χ2n) is 16.8. The summed E-state index contributed by atoms with van der Waals surface area (Å²) < 4.78 is 26.7. The first-order chi connectivity index (χ1) is 27.6. The number of rotatable bonds is 9. The van der Waals surface area contributed by atoms with Crippen LogP contribution in [0.3, 0.4) is 0 Å². The molecule has 6 heterocycles. The van der Waals surface area contributed by atoms with E-state index in [0.717, 1.165) is 60.9 Å². The number of nitrogens with one attached hydrogen (secondary N) is 1. The van der Waals surface area contributed by atoms with E-state index in [1.54, 1.807) is 18.2 Å². The Morgan fingerprint density at radius 1 is 1.09 bits per heavy atom. The molecule has 6 aliphatic rings. The Balaban J connectivity index is 1.12. The molecule has 294 valence electrons. The molecule has 1 amide bonds. The van der Waals surface area contributed by atoms with E-state index in [1.165, 1.54) is 7.11 Å². The van der Waals surface area contributed by atoms with Gasteiger partial charge in [-0.15, -0.1) is 5.10 Å². The molecule has 3 aliphatic heterocycles. The molecule has 7 atom stereocenters. The first-order valence-corrected chi connectivity index (χ1v) is 20.9. The van der Waals surface area contributed by atoms with Crippen LogP contribution in [0.2, 0.25) is 10.0 Å². The van der Waals surface area contributed by atoms with Crippen LogP contribution in [-0.2, 0) is 20.7 Å². The monoisotopic (exact) mass is 808 g/mol. The van der Waals surface area contributed by atoms with Crippen LogP contribution in [0.5, 0.6) is 0 Å². The summed E-state index contributed by atoms with van der Waals surface area (Å²) in [4.78, 5) is 33.5. The number of fused-ring (bicyclic) bond motifs is 4. The Hall–Kier alpha value is -4.57. The highest BCUT2D eigenvalue weighted by molar-refractivity contribution is 6.43. The van der Waals surface area contributed by atoms with Crippen molar-refractivity contribution in [2.45, 2.75) is 94.8 Å². The van der Waals surface area contributed by atoms with E-state index in [-0.39, 0.29) is 70.8 Å². The van der Waals surface area contributed by atoms with Crippen molar-refractivity contribution in [3.63, 3.8) is 0 Å². The van der Waals surface area contributed by atoms with Gasteiger partial charge in [-0.3, -0.25) is 9.59 Å². The number of pyridine rings is 1. The second kappa shape index (κ2) is 14.1. The van der Waals surface area contributed by atoms with Crippen LogP contribution in [-0.4, -0.2) is 67.6 Å². The average molecular weight is 810 g/mol. The SMILES string of the molecule is COC(=O)C1CCC(c2cn([C@H]3C[C@H](c4cc5c(C)nc6c(F)c(-c7cccc(Cl)c7Cl)c(CCC#N)cc6c5n4[C@H]4[C@H]5CN[C@@H]4C5)N(C(=O)C4CC4)C3)nn2)C1. The molecule has 11 nitrogen and oxygen atoms in total. The number of ether oxygens (including phenoxy) is 1. The van der Waals surface area contributed by atoms with E-state index in [9.17, 15) is 14.9 Å². The van der Waals surface area contributed by atoms with Gasteiger partial charge < -0.3 is 19.5 Å². The van der Waals surface area contributed by atoms with Crippen LogP contribution in [0.15, 0.2) is 36.5 Å². The Kier molecular flexibility index (Phi) is 9.07. The largest absolute Gasteiger partial charge is 0.469 e. The predicted molar refractivity (Wildman–Crippen MR) is 213 cm³/mol. The van der Waals surface area contributed by atoms with Gasteiger partial charge in [0, 0.05) is 76.9 Å². The van der Waals surface area contributed by atoms with Gasteiger partial charge in [0.2, 0.25) is 5.91 Å². The topological polar surface area (TPSA) is 131 Å². The quantitative estimate of drug-likeness (QED) is 0.148. The van der Waals surface area contributed by atoms with Gasteiger partial charge in [0.1, 0.15) is 5.52 Å². The van der Waals surface area contributed by atoms with E-state index in [2.05, 4.69) is 37.2 Å². The van der Waals surface area contributed by atoms with Gasteiger partial charge in [0.15, 0.2) is 5.82 Å². The zero-order valence-corrected chi connectivity index (χ0v) is 33.4. The van der Waals surface area contributed by atoms with Gasteiger partial charge in [0.25, 0.3) is 0 Å². The number of halogens is 3. The fourth-order valence-electron chi connectivity index (χ4n) is 10.5. The van der Waals surface area contributed by atoms with Crippen molar-refractivity contribution in [3.05, 3.63) is 75.0 Å². The number of nitriles is 1. The van der Waals surface area contributed by atoms with Gasteiger partial charge in [0.05, 0.1) is 58.5 Å². The minimum atomic E-state index is -0.493. The Bertz CT molecular complexity index is 2510. The molecule has 0 radical (unpaired) electrons. The lowest BCUT2D eigenvalue weighted by Gasteiger charge is -2.39. The normalized spacial score (nSPS) is 26.7. The molecule has 2 unspecified atom stereocenters. The molecule has 3 saturated heterocycles. The van der Waals surface area contributed by atoms with E-state index < -0.39 is 5.82 Å². The number of benzene rings is 2. The summed E-state index contributed by atoms with van der Waals surface area (Å²) in [6.45, 7) is 3.32. The van der Waals surface area contributed by atoms with Gasteiger partial charge in [-0.05, 0) is 88.0 Å². The van der Waals surface area contributed by atoms with Gasteiger partial charge in [-0.2, -0.15) is 5.26 Å². The maximum Gasteiger partial charge on any atom is 0.308 e. The Morgan fingerprint density at radius 2 is 1.91 bits per heavy atom. The van der Waals surface area contributed by atoms with Gasteiger partial charge >= 0.3 is 5.97 Å². The molecule has 11 rings (SSSR count). The van der Waals surface area contributed by atoms with Crippen molar-refractivity contribution >= 4 is 56.9 Å². The molecular formula is C43H43Cl2FN8O3. The smallest absolute Gasteiger partial charge is 0.308 e. The lowest BCUT2D eigenvalue weighted by molar-refractivity contribution is -0.145. The molecule has 6 fully saturated rings. The summed E-state index contributed by atoms with van der Waals surface area (Å²) in [6.07, 6.45) is 8.32. The fourth-order valence-corrected chi connectivity index (χ4v) is 10.9. The number of hydrogen-bond acceptors (Lipinski definition) is 8. The molecule has 2 aromatic carbocycles. The Labute approximate surface area is 339 Å². The van der Waals surface area contributed by atoms with Crippen molar-refractivity contribution < 1.29 is 18.7 Å². The van der Waals surface area contributed by atoms with Crippen molar-refractivity contribution in [1.29, 1.82) is 5.26 Å². The molecule has 1 N–H and O–H groups in total. The second-order valence-corrected chi connectivity index (χ2v) is 17.6. The zero-order chi connectivity index (χ0) is 39.3. The third-order valence-corrected chi connectivity index (χ3v) is 14.4. The highest BCUT2D eigenvalue weighted by atomic mass is 35.5. The van der Waals surface area contributed by atoms with E-state index in [4.69, 9.17) is 32.9 Å². The molecule has 3 aliphatic carbocycles. The van der Waals surface area contributed by atoms with Crippen LogP contribution in [0.4, 0.5) is 4.39 Å². The first kappa shape index (κ1) is 36.7. The number of carbonyl (C=O) groups excluding carboxylic acids is 2. The van der Waals surface area contributed by atoms with Gasteiger partial charge in [-0.25, -0.2) is 14.1 Å². The minimum absolute atomic E-state index is 0.0171. The van der Waals surface area contributed by atoms with Crippen LogP contribution >= 0.6 is 23.2 Å². The minimum Gasteiger partial charge on any atom is -0.469 e. The maximum absolute atomic E-state index is 17.3. The molecule has 0 spiro atoms. The summed E-state index contributed by atoms with van der Waals surface area (Å²) in [6, 6.07) is 11.6. The number of aryl methyl sites for hydroxylation is 2. The van der Waals surface area contributed by atoms with E-state index in [1.807, 2.05) is 23.9 Å². The summed E-state index contributed by atoms with van der Waals surface area (Å²) >= 11 is 13.2. The van der Waals surface area contributed by atoms with Crippen molar-refractivity contribution in [3.8, 4) is 17.2 Å². The molecule has 3 aromatic heterocycles. The number of likely N-dealkylation sites (tertiary alicyclic amines) is 1. The van der Waals surface area contributed by atoms with Crippen LogP contribution < -0.4 is 5.32 Å². The molecule has 14 heteroatoms. The number of methoxy groups -OCH3 is 1. The summed E-state index contributed by atoms with van der Waals surface area (Å²) in [5, 5.41) is 24.8. The number of carbonyl (C=O) groups is 2.